The minimum absolute atomic E-state index is 0.0762. The van der Waals surface area contributed by atoms with Crippen molar-refractivity contribution in [1.82, 2.24) is 9.55 Å². The number of carbonyl (C=O) groups excluding carboxylic acids is 1. The van der Waals surface area contributed by atoms with Crippen molar-refractivity contribution < 1.29 is 18.0 Å². The van der Waals surface area contributed by atoms with Crippen molar-refractivity contribution in [2.75, 3.05) is 11.1 Å². The van der Waals surface area contributed by atoms with E-state index < -0.39 is 23.2 Å². The van der Waals surface area contributed by atoms with Gasteiger partial charge in [0.2, 0.25) is 5.91 Å². The Morgan fingerprint density at radius 1 is 1.14 bits per heavy atom. The van der Waals surface area contributed by atoms with Crippen LogP contribution in [0.15, 0.2) is 70.7 Å². The Morgan fingerprint density at radius 2 is 1.83 bits per heavy atom. The summed E-state index contributed by atoms with van der Waals surface area (Å²) in [5.41, 5.74) is 0.0149. The number of hydrogen-bond acceptors (Lipinski definition) is 4. The van der Waals surface area contributed by atoms with E-state index in [4.69, 9.17) is 0 Å². The van der Waals surface area contributed by atoms with Crippen LogP contribution in [-0.4, -0.2) is 21.2 Å². The average molecular weight is 419 g/mol. The Hall–Kier alpha value is -3.07. The van der Waals surface area contributed by atoms with Gasteiger partial charge in [0, 0.05) is 18.1 Å². The van der Waals surface area contributed by atoms with Gasteiger partial charge in [-0.25, -0.2) is 4.98 Å². The number of aromatic nitrogens is 2. The highest BCUT2D eigenvalue weighted by molar-refractivity contribution is 7.99. The predicted octanol–water partition coefficient (Wildman–Crippen LogP) is 4.29. The molecule has 3 rings (SSSR count). The number of thioether (sulfide) groups is 1. The Bertz CT molecular complexity index is 1080. The van der Waals surface area contributed by atoms with E-state index in [1.165, 1.54) is 35.2 Å². The molecule has 0 aliphatic rings. The molecule has 0 saturated heterocycles. The minimum atomic E-state index is -4.58. The molecule has 0 fully saturated rings. The lowest BCUT2D eigenvalue weighted by Crippen LogP contribution is -2.22. The molecule has 3 aromatic rings. The van der Waals surface area contributed by atoms with E-state index >= 15 is 0 Å². The fourth-order valence-corrected chi connectivity index (χ4v) is 3.26. The normalized spacial score (nSPS) is 11.3. The SMILES string of the molecule is Cc1ccc(-n2ccnc(SCC(=O)Nc3ccccc3C(F)(F)F)c2=O)cc1. The number of benzene rings is 2. The summed E-state index contributed by atoms with van der Waals surface area (Å²) in [7, 11) is 0. The van der Waals surface area contributed by atoms with Crippen LogP contribution in [0.2, 0.25) is 0 Å². The number of rotatable bonds is 5. The van der Waals surface area contributed by atoms with Crippen LogP contribution in [0.25, 0.3) is 5.69 Å². The van der Waals surface area contributed by atoms with Gasteiger partial charge >= 0.3 is 6.18 Å². The number of para-hydroxylation sites is 1. The summed E-state index contributed by atoms with van der Waals surface area (Å²) in [6.45, 7) is 1.93. The van der Waals surface area contributed by atoms with Gasteiger partial charge in [-0.1, -0.05) is 41.6 Å². The van der Waals surface area contributed by atoms with Crippen molar-refractivity contribution in [2.45, 2.75) is 18.1 Å². The maximum atomic E-state index is 13.0. The first-order valence-corrected chi connectivity index (χ1v) is 9.48. The topological polar surface area (TPSA) is 64.0 Å². The molecule has 0 unspecified atom stereocenters. The molecule has 5 nitrogen and oxygen atoms in total. The lowest BCUT2D eigenvalue weighted by molar-refractivity contribution is -0.137. The zero-order valence-electron chi connectivity index (χ0n) is 15.2. The van der Waals surface area contributed by atoms with Crippen LogP contribution >= 0.6 is 11.8 Å². The molecule has 0 bridgehead atoms. The number of carbonyl (C=O) groups is 1. The van der Waals surface area contributed by atoms with Crippen molar-refractivity contribution in [3.8, 4) is 5.69 Å². The number of amides is 1. The molecular formula is C20H16F3N3O2S. The monoisotopic (exact) mass is 419 g/mol. The van der Waals surface area contributed by atoms with Gasteiger partial charge in [0.1, 0.15) is 0 Å². The van der Waals surface area contributed by atoms with Crippen LogP contribution < -0.4 is 10.9 Å². The zero-order chi connectivity index (χ0) is 21.0. The van der Waals surface area contributed by atoms with Crippen LogP contribution in [0.4, 0.5) is 18.9 Å². The van der Waals surface area contributed by atoms with Crippen LogP contribution in [0.5, 0.6) is 0 Å². The number of nitrogens with one attached hydrogen (secondary N) is 1. The molecule has 0 radical (unpaired) electrons. The summed E-state index contributed by atoms with van der Waals surface area (Å²) in [6.07, 6.45) is -1.64. The molecule has 0 saturated carbocycles. The second-order valence-corrected chi connectivity index (χ2v) is 7.09. The molecule has 1 heterocycles. The lowest BCUT2D eigenvalue weighted by atomic mass is 10.1. The maximum absolute atomic E-state index is 13.0. The van der Waals surface area contributed by atoms with E-state index in [1.807, 2.05) is 19.1 Å². The Kier molecular flexibility index (Phi) is 6.07. The van der Waals surface area contributed by atoms with E-state index in [0.29, 0.717) is 5.69 Å². The van der Waals surface area contributed by atoms with E-state index in [2.05, 4.69) is 10.3 Å². The lowest BCUT2D eigenvalue weighted by Gasteiger charge is -2.13. The summed E-state index contributed by atoms with van der Waals surface area (Å²) in [5.74, 6) is -0.926. The Labute approximate surface area is 168 Å². The standard InChI is InChI=1S/C20H16F3N3O2S/c1-13-6-8-14(9-7-13)26-11-10-24-18(19(26)28)29-12-17(27)25-16-5-3-2-4-15(16)20(21,22)23/h2-11H,12H2,1H3,(H,25,27). The number of anilines is 1. The predicted molar refractivity (Wildman–Crippen MR) is 105 cm³/mol. The van der Waals surface area contributed by atoms with Crippen molar-refractivity contribution in [1.29, 1.82) is 0 Å². The number of nitrogens with zero attached hydrogens (tertiary/aromatic N) is 2. The maximum Gasteiger partial charge on any atom is 0.418 e. The van der Waals surface area contributed by atoms with Crippen LogP contribution in [0.3, 0.4) is 0 Å². The fourth-order valence-electron chi connectivity index (χ4n) is 2.56. The van der Waals surface area contributed by atoms with Gasteiger partial charge in [-0.15, -0.1) is 0 Å². The first-order valence-electron chi connectivity index (χ1n) is 8.49. The molecule has 0 spiro atoms. The first-order chi connectivity index (χ1) is 13.8. The fraction of sp³-hybridized carbons (Fsp3) is 0.150. The highest BCUT2D eigenvalue weighted by Crippen LogP contribution is 2.34. The summed E-state index contributed by atoms with van der Waals surface area (Å²) in [4.78, 5) is 28.7. The number of hydrogen-bond donors (Lipinski definition) is 1. The van der Waals surface area contributed by atoms with E-state index in [0.717, 1.165) is 23.4 Å². The minimum Gasteiger partial charge on any atom is -0.325 e. The quantitative estimate of drug-likeness (QED) is 0.627. The van der Waals surface area contributed by atoms with Gasteiger partial charge in [-0.05, 0) is 31.2 Å². The highest BCUT2D eigenvalue weighted by atomic mass is 32.2. The molecule has 1 aromatic heterocycles. The van der Waals surface area contributed by atoms with Gasteiger partial charge < -0.3 is 5.32 Å². The van der Waals surface area contributed by atoms with Crippen LogP contribution in [0.1, 0.15) is 11.1 Å². The largest absolute Gasteiger partial charge is 0.418 e. The van der Waals surface area contributed by atoms with Gasteiger partial charge in [0.25, 0.3) is 5.56 Å². The average Bonchev–Trinajstić information content (AvgIpc) is 2.68. The number of halogens is 3. The van der Waals surface area contributed by atoms with Gasteiger partial charge in [-0.3, -0.25) is 14.2 Å². The molecular weight excluding hydrogens is 403 g/mol. The molecule has 9 heteroatoms. The molecule has 2 aromatic carbocycles. The molecule has 1 amide bonds. The van der Waals surface area contributed by atoms with Gasteiger partial charge in [0.15, 0.2) is 5.03 Å². The van der Waals surface area contributed by atoms with Crippen molar-refractivity contribution in [2.24, 2.45) is 0 Å². The summed E-state index contributed by atoms with van der Waals surface area (Å²) >= 11 is 0.862. The summed E-state index contributed by atoms with van der Waals surface area (Å²) in [6, 6.07) is 12.0. The molecule has 0 aliphatic carbocycles. The summed E-state index contributed by atoms with van der Waals surface area (Å²) < 4.78 is 40.5. The summed E-state index contributed by atoms with van der Waals surface area (Å²) in [5, 5.41) is 2.32. The van der Waals surface area contributed by atoms with Crippen molar-refractivity contribution >= 4 is 23.4 Å². The second-order valence-electron chi connectivity index (χ2n) is 6.12. The number of aryl methyl sites for hydroxylation is 1. The second kappa shape index (κ2) is 8.52. The molecule has 150 valence electrons. The number of alkyl halides is 3. The van der Waals surface area contributed by atoms with Gasteiger partial charge in [0.05, 0.1) is 17.0 Å². The third kappa shape index (κ3) is 5.05. The van der Waals surface area contributed by atoms with Gasteiger partial charge in [-0.2, -0.15) is 13.2 Å². The van der Waals surface area contributed by atoms with E-state index in [-0.39, 0.29) is 16.5 Å². The van der Waals surface area contributed by atoms with Crippen LogP contribution in [0, 0.1) is 6.92 Å². The molecule has 0 atom stereocenters. The molecule has 1 N–H and O–H groups in total. The highest BCUT2D eigenvalue weighted by Gasteiger charge is 2.33. The molecule has 0 aliphatic heterocycles. The smallest absolute Gasteiger partial charge is 0.325 e. The Morgan fingerprint density at radius 3 is 2.52 bits per heavy atom. The third-order valence-electron chi connectivity index (χ3n) is 3.97. The Balaban J connectivity index is 1.73. The van der Waals surface area contributed by atoms with Crippen molar-refractivity contribution in [3.05, 3.63) is 82.4 Å². The zero-order valence-corrected chi connectivity index (χ0v) is 16.1. The van der Waals surface area contributed by atoms with E-state index in [1.54, 1.807) is 12.1 Å². The van der Waals surface area contributed by atoms with E-state index in [9.17, 15) is 22.8 Å². The third-order valence-corrected chi connectivity index (χ3v) is 4.93. The van der Waals surface area contributed by atoms with Crippen molar-refractivity contribution in [3.63, 3.8) is 0 Å². The molecule has 29 heavy (non-hydrogen) atoms. The first kappa shape index (κ1) is 20.7. The van der Waals surface area contributed by atoms with Crippen LogP contribution in [-0.2, 0) is 11.0 Å².